The number of alkyl halides is 2. The number of carbonyl (C=O) groups excluding carboxylic acids is 1. The lowest BCUT2D eigenvalue weighted by Gasteiger charge is -2.12. The number of aromatic nitrogens is 2. The number of hydrogen-bond acceptors (Lipinski definition) is 5. The fourth-order valence-electron chi connectivity index (χ4n) is 2.66. The van der Waals surface area contributed by atoms with Crippen molar-refractivity contribution < 1.29 is 23.0 Å². The Morgan fingerprint density at radius 2 is 1.89 bits per heavy atom. The lowest BCUT2D eigenvalue weighted by Crippen LogP contribution is -2.31. The molecule has 0 saturated carbocycles. The van der Waals surface area contributed by atoms with E-state index >= 15 is 0 Å². The van der Waals surface area contributed by atoms with Gasteiger partial charge in [0.2, 0.25) is 5.91 Å². The molecule has 28 heavy (non-hydrogen) atoms. The summed E-state index contributed by atoms with van der Waals surface area (Å²) in [6, 6.07) is 14.2. The minimum Gasteiger partial charge on any atom is -0.493 e. The van der Waals surface area contributed by atoms with Crippen LogP contribution in [0.1, 0.15) is 0 Å². The van der Waals surface area contributed by atoms with Crippen molar-refractivity contribution in [3.05, 3.63) is 48.5 Å². The molecule has 0 spiro atoms. The van der Waals surface area contributed by atoms with E-state index in [1.54, 1.807) is 43.5 Å². The molecule has 6 nitrogen and oxygen atoms in total. The predicted octanol–water partition coefficient (Wildman–Crippen LogP) is 3.55. The van der Waals surface area contributed by atoms with Crippen LogP contribution >= 0.6 is 11.8 Å². The van der Waals surface area contributed by atoms with E-state index in [0.717, 1.165) is 0 Å². The Hall–Kier alpha value is -2.81. The minimum atomic E-state index is -2.62. The highest BCUT2D eigenvalue weighted by Crippen LogP contribution is 2.28. The number of halogens is 2. The van der Waals surface area contributed by atoms with Crippen molar-refractivity contribution in [2.75, 3.05) is 20.3 Å². The third-order valence-corrected chi connectivity index (χ3v) is 4.57. The van der Waals surface area contributed by atoms with E-state index in [1.165, 1.54) is 4.57 Å². The van der Waals surface area contributed by atoms with E-state index in [-0.39, 0.29) is 30.8 Å². The number of thioether (sulfide) groups is 1. The maximum atomic E-state index is 12.8. The minimum absolute atomic E-state index is 0.107. The van der Waals surface area contributed by atoms with Crippen LogP contribution in [0.15, 0.2) is 53.7 Å². The van der Waals surface area contributed by atoms with E-state index in [0.29, 0.717) is 34.3 Å². The van der Waals surface area contributed by atoms with Crippen LogP contribution in [0.3, 0.4) is 0 Å². The topological polar surface area (TPSA) is 65.4 Å². The summed E-state index contributed by atoms with van der Waals surface area (Å²) in [5, 5.41) is 2.83. The first-order chi connectivity index (χ1) is 13.6. The highest BCUT2D eigenvalue weighted by molar-refractivity contribution is 7.99. The summed E-state index contributed by atoms with van der Waals surface area (Å²) in [7, 11) is 1.55. The lowest BCUT2D eigenvalue weighted by atomic mass is 10.3. The Balaban J connectivity index is 1.59. The smallest absolute Gasteiger partial charge is 0.291 e. The third kappa shape index (κ3) is 4.92. The molecular formula is C19H19F2N3O3S. The standard InChI is InChI=1S/C19H19F2N3O3S/c1-26-15-8-4-5-9-16(15)27-11-10-22-17(25)12-24-14-7-3-2-6-13(14)23-19(24)28-18(20)21/h2-9,18H,10-12H2,1H3,(H,22,25). The molecule has 3 aromatic rings. The summed E-state index contributed by atoms with van der Waals surface area (Å²) < 4.78 is 37.9. The third-order valence-electron chi connectivity index (χ3n) is 3.87. The zero-order valence-corrected chi connectivity index (χ0v) is 15.9. The highest BCUT2D eigenvalue weighted by atomic mass is 32.2. The molecule has 0 aliphatic rings. The van der Waals surface area contributed by atoms with Crippen LogP contribution < -0.4 is 14.8 Å². The Labute approximate surface area is 164 Å². The predicted molar refractivity (Wildman–Crippen MR) is 103 cm³/mol. The molecule has 9 heteroatoms. The molecule has 148 valence electrons. The molecule has 3 rings (SSSR count). The van der Waals surface area contributed by atoms with Gasteiger partial charge in [-0.15, -0.1) is 0 Å². The molecule has 0 aliphatic heterocycles. The van der Waals surface area contributed by atoms with Gasteiger partial charge >= 0.3 is 0 Å². The summed E-state index contributed by atoms with van der Waals surface area (Å²) >= 11 is 0.322. The molecule has 1 N–H and O–H groups in total. The Kier molecular flexibility index (Phi) is 6.70. The highest BCUT2D eigenvalue weighted by Gasteiger charge is 2.17. The summed E-state index contributed by atoms with van der Waals surface area (Å²) in [5.41, 5.74) is 1.20. The monoisotopic (exact) mass is 407 g/mol. The van der Waals surface area contributed by atoms with Crippen molar-refractivity contribution in [1.29, 1.82) is 0 Å². The second kappa shape index (κ2) is 9.41. The second-order valence-electron chi connectivity index (χ2n) is 5.70. The normalized spacial score (nSPS) is 11.0. The molecule has 0 radical (unpaired) electrons. The van der Waals surface area contributed by atoms with Gasteiger partial charge in [-0.1, -0.05) is 24.3 Å². The zero-order valence-electron chi connectivity index (χ0n) is 15.1. The Morgan fingerprint density at radius 3 is 2.64 bits per heavy atom. The van der Waals surface area contributed by atoms with Gasteiger partial charge in [-0.25, -0.2) is 4.98 Å². The zero-order chi connectivity index (χ0) is 19.9. The maximum absolute atomic E-state index is 12.8. The van der Waals surface area contributed by atoms with E-state index in [1.807, 2.05) is 12.1 Å². The molecular weight excluding hydrogens is 388 g/mol. The number of rotatable bonds is 9. The van der Waals surface area contributed by atoms with Gasteiger partial charge in [-0.2, -0.15) is 8.78 Å². The largest absolute Gasteiger partial charge is 0.493 e. The molecule has 0 unspecified atom stereocenters. The first-order valence-electron chi connectivity index (χ1n) is 8.51. The number of fused-ring (bicyclic) bond motifs is 1. The van der Waals surface area contributed by atoms with Gasteiger partial charge in [-0.3, -0.25) is 4.79 Å². The number of ether oxygens (including phenoxy) is 2. The van der Waals surface area contributed by atoms with Gasteiger partial charge in [0.15, 0.2) is 16.7 Å². The van der Waals surface area contributed by atoms with Crippen LogP contribution in [0, 0.1) is 0 Å². The number of hydrogen-bond donors (Lipinski definition) is 1. The number of para-hydroxylation sites is 4. The van der Waals surface area contributed by atoms with Crippen molar-refractivity contribution >= 4 is 28.7 Å². The van der Waals surface area contributed by atoms with Crippen LogP contribution in [0.25, 0.3) is 11.0 Å². The van der Waals surface area contributed by atoms with E-state index in [4.69, 9.17) is 9.47 Å². The quantitative estimate of drug-likeness (QED) is 0.434. The number of amides is 1. The summed E-state index contributed by atoms with van der Waals surface area (Å²) in [5.74, 6) is -1.75. The van der Waals surface area contributed by atoms with Gasteiger partial charge in [0.25, 0.3) is 5.76 Å². The molecule has 1 amide bonds. The van der Waals surface area contributed by atoms with Gasteiger partial charge in [-0.05, 0) is 36.0 Å². The fraction of sp³-hybridized carbons (Fsp3) is 0.263. The molecule has 0 saturated heterocycles. The average Bonchev–Trinajstić information content (AvgIpc) is 3.02. The molecule has 0 aliphatic carbocycles. The second-order valence-corrected chi connectivity index (χ2v) is 6.65. The Bertz CT molecular complexity index is 949. The molecule has 0 bridgehead atoms. The van der Waals surface area contributed by atoms with Crippen LogP contribution in [-0.2, 0) is 11.3 Å². The summed E-state index contributed by atoms with van der Waals surface area (Å²) in [6.45, 7) is 0.403. The Morgan fingerprint density at radius 1 is 1.18 bits per heavy atom. The molecule has 1 heterocycles. The average molecular weight is 407 g/mol. The first-order valence-corrected chi connectivity index (χ1v) is 9.39. The number of methoxy groups -OCH3 is 1. The number of benzene rings is 2. The lowest BCUT2D eigenvalue weighted by molar-refractivity contribution is -0.121. The van der Waals surface area contributed by atoms with Crippen molar-refractivity contribution in [2.24, 2.45) is 0 Å². The van der Waals surface area contributed by atoms with Crippen LogP contribution in [0.4, 0.5) is 8.78 Å². The van der Waals surface area contributed by atoms with E-state index in [2.05, 4.69) is 10.3 Å². The van der Waals surface area contributed by atoms with Crippen molar-refractivity contribution in [3.8, 4) is 11.5 Å². The van der Waals surface area contributed by atoms with E-state index < -0.39 is 5.76 Å². The summed E-state index contributed by atoms with van der Waals surface area (Å²) in [4.78, 5) is 16.5. The molecule has 0 fully saturated rings. The van der Waals surface area contributed by atoms with E-state index in [9.17, 15) is 13.6 Å². The molecule has 2 aromatic carbocycles. The van der Waals surface area contributed by atoms with Crippen LogP contribution in [0.2, 0.25) is 0 Å². The van der Waals surface area contributed by atoms with Gasteiger partial charge < -0.3 is 19.4 Å². The maximum Gasteiger partial charge on any atom is 0.291 e. The fourth-order valence-corrected chi connectivity index (χ4v) is 3.27. The molecule has 1 aromatic heterocycles. The van der Waals surface area contributed by atoms with Crippen molar-refractivity contribution in [3.63, 3.8) is 0 Å². The molecule has 0 atom stereocenters. The first kappa shape index (κ1) is 19.9. The van der Waals surface area contributed by atoms with Gasteiger partial charge in [0, 0.05) is 0 Å². The van der Waals surface area contributed by atoms with Crippen molar-refractivity contribution in [1.82, 2.24) is 14.9 Å². The van der Waals surface area contributed by atoms with Crippen LogP contribution in [0.5, 0.6) is 11.5 Å². The number of carbonyl (C=O) groups is 1. The van der Waals surface area contributed by atoms with Crippen molar-refractivity contribution in [2.45, 2.75) is 17.5 Å². The number of nitrogens with one attached hydrogen (secondary N) is 1. The van der Waals surface area contributed by atoms with Gasteiger partial charge in [0.05, 0.1) is 24.7 Å². The summed E-state index contributed by atoms with van der Waals surface area (Å²) in [6.07, 6.45) is 0. The number of nitrogens with zero attached hydrogens (tertiary/aromatic N) is 2. The SMILES string of the molecule is COc1ccccc1OCCNC(=O)Cn1c(SC(F)F)nc2ccccc21. The van der Waals surface area contributed by atoms with Gasteiger partial charge in [0.1, 0.15) is 13.2 Å². The van der Waals surface area contributed by atoms with Crippen LogP contribution in [-0.4, -0.2) is 41.5 Å². The number of imidazole rings is 1.